The molecule has 0 bridgehead atoms. The molecular formula is C39H78O12. The average molecular weight is 739 g/mol. The van der Waals surface area contributed by atoms with E-state index in [1.807, 2.05) is 0 Å². The van der Waals surface area contributed by atoms with Crippen LogP contribution in [0, 0.1) is 0 Å². The van der Waals surface area contributed by atoms with Crippen molar-refractivity contribution in [2.75, 3.05) is 132 Å². The second-order valence-electron chi connectivity index (χ2n) is 12.6. The fourth-order valence-corrected chi connectivity index (χ4v) is 4.99. The van der Waals surface area contributed by atoms with Gasteiger partial charge in [0.25, 0.3) is 0 Å². The summed E-state index contributed by atoms with van der Waals surface area (Å²) in [6.07, 6.45) is 22.1. The van der Waals surface area contributed by atoms with Crippen LogP contribution in [0.1, 0.15) is 116 Å². The molecule has 0 aromatic heterocycles. The molecule has 1 N–H and O–H groups in total. The van der Waals surface area contributed by atoms with E-state index in [1.54, 1.807) is 0 Å². The molecule has 0 spiro atoms. The molecule has 0 rings (SSSR count). The number of carboxylic acid groups (broad SMARTS) is 1. The highest BCUT2D eigenvalue weighted by molar-refractivity contribution is 5.66. The summed E-state index contributed by atoms with van der Waals surface area (Å²) in [7, 11) is 0. The molecule has 0 aromatic carbocycles. The Kier molecular flexibility index (Phi) is 46.2. The summed E-state index contributed by atoms with van der Waals surface area (Å²) in [5.74, 6) is -0.869. The Bertz CT molecular complexity index is 643. The third-order valence-electron chi connectivity index (χ3n) is 7.95. The molecule has 0 radical (unpaired) electrons. The SMILES string of the molecule is CCCCCCCCCCCCCCCCCCOCCOCCOCCOCCOCCOCCOCCOCCOCCOCCC(=O)O. The summed E-state index contributed by atoms with van der Waals surface area (Å²) in [5, 5.41) is 8.50. The molecule has 12 nitrogen and oxygen atoms in total. The van der Waals surface area contributed by atoms with Gasteiger partial charge < -0.3 is 52.5 Å². The van der Waals surface area contributed by atoms with Gasteiger partial charge in [-0.2, -0.15) is 0 Å². The van der Waals surface area contributed by atoms with E-state index >= 15 is 0 Å². The van der Waals surface area contributed by atoms with Gasteiger partial charge in [0.1, 0.15) is 0 Å². The van der Waals surface area contributed by atoms with Crippen LogP contribution in [0.2, 0.25) is 0 Å². The van der Waals surface area contributed by atoms with E-state index in [-0.39, 0.29) is 13.0 Å². The molecule has 0 saturated carbocycles. The highest BCUT2D eigenvalue weighted by atomic mass is 16.6. The lowest BCUT2D eigenvalue weighted by molar-refractivity contribution is -0.138. The van der Waals surface area contributed by atoms with Gasteiger partial charge in [-0.15, -0.1) is 0 Å². The van der Waals surface area contributed by atoms with Crippen LogP contribution < -0.4 is 0 Å². The first-order valence-corrected chi connectivity index (χ1v) is 20.3. The van der Waals surface area contributed by atoms with Gasteiger partial charge in [-0.3, -0.25) is 4.79 Å². The third-order valence-corrected chi connectivity index (χ3v) is 7.95. The summed E-state index contributed by atoms with van der Waals surface area (Å²) >= 11 is 0. The monoisotopic (exact) mass is 739 g/mol. The van der Waals surface area contributed by atoms with Crippen LogP contribution in [0.15, 0.2) is 0 Å². The molecule has 0 fully saturated rings. The number of unbranched alkanes of at least 4 members (excludes halogenated alkanes) is 15. The Morgan fingerprint density at radius 1 is 0.294 bits per heavy atom. The zero-order chi connectivity index (χ0) is 36.8. The molecule has 12 heteroatoms. The molecule has 0 aliphatic heterocycles. The van der Waals surface area contributed by atoms with Crippen LogP contribution in [0.25, 0.3) is 0 Å². The Hall–Kier alpha value is -0.930. The Labute approximate surface area is 311 Å². The molecule has 51 heavy (non-hydrogen) atoms. The number of hydrogen-bond acceptors (Lipinski definition) is 11. The lowest BCUT2D eigenvalue weighted by atomic mass is 10.0. The lowest BCUT2D eigenvalue weighted by Gasteiger charge is -2.09. The van der Waals surface area contributed by atoms with E-state index in [0.29, 0.717) is 119 Å². The number of ether oxygens (including phenoxy) is 10. The van der Waals surface area contributed by atoms with Crippen molar-refractivity contribution in [1.82, 2.24) is 0 Å². The minimum Gasteiger partial charge on any atom is -0.481 e. The zero-order valence-electron chi connectivity index (χ0n) is 32.6. The maximum absolute atomic E-state index is 10.3. The Morgan fingerprint density at radius 2 is 0.490 bits per heavy atom. The maximum Gasteiger partial charge on any atom is 0.305 e. The number of rotatable bonds is 47. The van der Waals surface area contributed by atoms with Crippen molar-refractivity contribution in [3.8, 4) is 0 Å². The zero-order valence-corrected chi connectivity index (χ0v) is 32.6. The third kappa shape index (κ3) is 49.1. The fourth-order valence-electron chi connectivity index (χ4n) is 4.99. The van der Waals surface area contributed by atoms with Crippen molar-refractivity contribution in [3.05, 3.63) is 0 Å². The summed E-state index contributed by atoms with van der Waals surface area (Å²) < 4.78 is 54.6. The van der Waals surface area contributed by atoms with Crippen LogP contribution in [0.4, 0.5) is 0 Å². The van der Waals surface area contributed by atoms with E-state index in [0.717, 1.165) is 13.0 Å². The van der Waals surface area contributed by atoms with Gasteiger partial charge in [0, 0.05) is 6.61 Å². The maximum atomic E-state index is 10.3. The highest BCUT2D eigenvalue weighted by Gasteiger charge is 1.99. The topological polar surface area (TPSA) is 130 Å². The minimum atomic E-state index is -0.869. The van der Waals surface area contributed by atoms with Crippen molar-refractivity contribution < 1.29 is 57.3 Å². The largest absolute Gasteiger partial charge is 0.481 e. The first kappa shape index (κ1) is 50.1. The average Bonchev–Trinajstić information content (AvgIpc) is 3.13. The fraction of sp³-hybridized carbons (Fsp3) is 0.974. The van der Waals surface area contributed by atoms with Gasteiger partial charge in [-0.25, -0.2) is 0 Å². The van der Waals surface area contributed by atoms with Crippen molar-refractivity contribution in [3.63, 3.8) is 0 Å². The van der Waals surface area contributed by atoms with Crippen LogP contribution in [-0.4, -0.2) is 143 Å². The molecule has 0 atom stereocenters. The lowest BCUT2D eigenvalue weighted by Crippen LogP contribution is -2.15. The summed E-state index contributed by atoms with van der Waals surface area (Å²) in [6, 6.07) is 0. The van der Waals surface area contributed by atoms with Crippen molar-refractivity contribution >= 4 is 5.97 Å². The van der Waals surface area contributed by atoms with E-state index < -0.39 is 5.97 Å². The first-order chi connectivity index (χ1) is 25.3. The van der Waals surface area contributed by atoms with E-state index in [2.05, 4.69) is 6.92 Å². The quantitative estimate of drug-likeness (QED) is 0.0653. The van der Waals surface area contributed by atoms with Crippen LogP contribution in [-0.2, 0) is 52.2 Å². The van der Waals surface area contributed by atoms with Gasteiger partial charge in [-0.05, 0) is 6.42 Å². The molecule has 0 heterocycles. The van der Waals surface area contributed by atoms with Crippen LogP contribution >= 0.6 is 0 Å². The van der Waals surface area contributed by atoms with E-state index in [9.17, 15) is 4.79 Å². The van der Waals surface area contributed by atoms with Crippen LogP contribution in [0.5, 0.6) is 0 Å². The molecule has 0 saturated heterocycles. The molecule has 0 amide bonds. The standard InChI is InChI=1S/C39H78O12/c1-2-3-4-5-6-7-8-9-10-11-12-13-14-15-16-17-19-42-21-23-44-25-27-46-29-31-48-33-35-50-37-38-51-36-34-49-32-30-47-28-26-45-24-22-43-20-18-39(40)41/h2-38H2,1H3,(H,40,41). The predicted molar refractivity (Wildman–Crippen MR) is 200 cm³/mol. The van der Waals surface area contributed by atoms with Crippen molar-refractivity contribution in [1.29, 1.82) is 0 Å². The molecule has 0 aliphatic rings. The number of carbonyl (C=O) groups is 1. The van der Waals surface area contributed by atoms with Gasteiger partial charge in [-0.1, -0.05) is 103 Å². The number of aliphatic carboxylic acids is 1. The highest BCUT2D eigenvalue weighted by Crippen LogP contribution is 2.13. The van der Waals surface area contributed by atoms with Gasteiger partial charge >= 0.3 is 5.97 Å². The Balaban J connectivity index is 3.05. The number of carboxylic acids is 1. The minimum absolute atomic E-state index is 0.00261. The van der Waals surface area contributed by atoms with Crippen LogP contribution in [0.3, 0.4) is 0 Å². The summed E-state index contributed by atoms with van der Waals surface area (Å²) in [5.41, 5.74) is 0. The molecule has 0 aliphatic carbocycles. The van der Waals surface area contributed by atoms with Gasteiger partial charge in [0.2, 0.25) is 0 Å². The molecule has 0 aromatic rings. The van der Waals surface area contributed by atoms with E-state index in [4.69, 9.17) is 52.5 Å². The molecule has 0 unspecified atom stereocenters. The number of hydrogen-bond donors (Lipinski definition) is 1. The summed E-state index contributed by atoms with van der Waals surface area (Å²) in [4.78, 5) is 10.3. The Morgan fingerprint density at radius 3 is 0.725 bits per heavy atom. The van der Waals surface area contributed by atoms with E-state index in [1.165, 1.54) is 96.3 Å². The van der Waals surface area contributed by atoms with Gasteiger partial charge in [0.05, 0.1) is 132 Å². The second kappa shape index (κ2) is 47.1. The van der Waals surface area contributed by atoms with Crippen molar-refractivity contribution in [2.24, 2.45) is 0 Å². The first-order valence-electron chi connectivity index (χ1n) is 20.3. The predicted octanol–water partition coefficient (Wildman–Crippen LogP) is 6.89. The van der Waals surface area contributed by atoms with Gasteiger partial charge in [0.15, 0.2) is 0 Å². The normalized spacial score (nSPS) is 11.5. The summed E-state index contributed by atoms with van der Waals surface area (Å²) in [6.45, 7) is 12.5. The molecule has 306 valence electrons. The van der Waals surface area contributed by atoms with Crippen molar-refractivity contribution in [2.45, 2.75) is 116 Å². The smallest absolute Gasteiger partial charge is 0.305 e. The molecular weight excluding hydrogens is 660 g/mol. The second-order valence-corrected chi connectivity index (χ2v) is 12.6.